The Morgan fingerprint density at radius 3 is 2.21 bits per heavy atom. The second-order valence-corrected chi connectivity index (χ2v) is 2.84. The third-order valence-electron chi connectivity index (χ3n) is 2.00. The molecule has 0 saturated carbocycles. The molecule has 84 valence electrons. The van der Waals surface area contributed by atoms with Gasteiger partial charge in [0.1, 0.15) is 0 Å². The molecule has 0 N–H and O–H groups in total. The summed E-state index contributed by atoms with van der Waals surface area (Å²) in [4.78, 5) is 0. The Bertz CT molecular complexity index is 176. The van der Waals surface area contributed by atoms with Crippen molar-refractivity contribution in [2.75, 3.05) is 0 Å². The minimum Gasteiger partial charge on any atom is -0.269 e. The van der Waals surface area contributed by atoms with Gasteiger partial charge < -0.3 is 0 Å². The SMILES string of the molecule is CCCCC1=CC[C-]=C1C.Cl.Cl.Cl.[Zr]. The van der Waals surface area contributed by atoms with Crippen molar-refractivity contribution in [2.24, 2.45) is 0 Å². The minimum absolute atomic E-state index is 0. The van der Waals surface area contributed by atoms with Crippen LogP contribution in [0.3, 0.4) is 0 Å². The summed E-state index contributed by atoms with van der Waals surface area (Å²) in [6.45, 7) is 4.40. The van der Waals surface area contributed by atoms with Crippen LogP contribution in [-0.2, 0) is 26.2 Å². The van der Waals surface area contributed by atoms with Gasteiger partial charge in [0.2, 0.25) is 0 Å². The van der Waals surface area contributed by atoms with Gasteiger partial charge in [-0.05, 0) is 0 Å². The van der Waals surface area contributed by atoms with Crippen LogP contribution in [0.1, 0.15) is 39.5 Å². The zero-order valence-corrected chi connectivity index (χ0v) is 13.5. The van der Waals surface area contributed by atoms with Crippen molar-refractivity contribution >= 4 is 37.2 Å². The summed E-state index contributed by atoms with van der Waals surface area (Å²) in [7, 11) is 0. The van der Waals surface area contributed by atoms with Gasteiger partial charge in [-0.3, -0.25) is 6.08 Å². The van der Waals surface area contributed by atoms with Crippen LogP contribution in [-0.4, -0.2) is 0 Å². The summed E-state index contributed by atoms with van der Waals surface area (Å²) in [5.41, 5.74) is 2.91. The van der Waals surface area contributed by atoms with E-state index in [9.17, 15) is 0 Å². The average Bonchev–Trinajstić information content (AvgIpc) is 2.31. The van der Waals surface area contributed by atoms with Crippen LogP contribution in [0.15, 0.2) is 17.2 Å². The molecule has 0 aromatic heterocycles. The van der Waals surface area contributed by atoms with Gasteiger partial charge in [0, 0.05) is 26.2 Å². The summed E-state index contributed by atoms with van der Waals surface area (Å²) in [6, 6.07) is 0. The number of unbranched alkanes of at least 4 members (excludes halogenated alkanes) is 1. The van der Waals surface area contributed by atoms with Crippen molar-refractivity contribution in [1.29, 1.82) is 0 Å². The largest absolute Gasteiger partial charge is 0.269 e. The van der Waals surface area contributed by atoms with Crippen LogP contribution in [0.4, 0.5) is 0 Å². The van der Waals surface area contributed by atoms with Crippen molar-refractivity contribution in [3.63, 3.8) is 0 Å². The zero-order valence-electron chi connectivity index (χ0n) is 8.63. The quantitative estimate of drug-likeness (QED) is 0.665. The third-order valence-corrected chi connectivity index (χ3v) is 2.00. The second kappa shape index (κ2) is 14.2. The zero-order chi connectivity index (χ0) is 7.40. The molecular weight excluding hydrogens is 318 g/mol. The molecule has 0 fully saturated rings. The molecule has 0 heterocycles. The average molecular weight is 336 g/mol. The van der Waals surface area contributed by atoms with Crippen molar-refractivity contribution in [1.82, 2.24) is 0 Å². The molecular formula is C10H18Cl3Zr-. The molecule has 0 nitrogen and oxygen atoms in total. The van der Waals surface area contributed by atoms with Gasteiger partial charge in [0.05, 0.1) is 0 Å². The van der Waals surface area contributed by atoms with Gasteiger partial charge in [-0.15, -0.1) is 43.6 Å². The molecule has 0 radical (unpaired) electrons. The number of hydrogen-bond donors (Lipinski definition) is 0. The van der Waals surface area contributed by atoms with Crippen LogP contribution in [0.2, 0.25) is 0 Å². The van der Waals surface area contributed by atoms with Gasteiger partial charge in [-0.1, -0.05) is 33.1 Å². The van der Waals surface area contributed by atoms with E-state index in [0.29, 0.717) is 0 Å². The molecule has 0 atom stereocenters. The van der Waals surface area contributed by atoms with Gasteiger partial charge in [-0.2, -0.15) is 11.6 Å². The maximum absolute atomic E-state index is 3.30. The van der Waals surface area contributed by atoms with Crippen LogP contribution in [0.25, 0.3) is 0 Å². The van der Waals surface area contributed by atoms with Gasteiger partial charge >= 0.3 is 0 Å². The van der Waals surface area contributed by atoms with E-state index in [1.165, 1.54) is 30.4 Å². The minimum atomic E-state index is 0. The Morgan fingerprint density at radius 2 is 1.86 bits per heavy atom. The van der Waals surface area contributed by atoms with Crippen molar-refractivity contribution in [3.8, 4) is 0 Å². The molecule has 1 aliphatic rings. The first kappa shape index (κ1) is 24.5. The molecule has 0 saturated heterocycles. The number of rotatable bonds is 3. The van der Waals surface area contributed by atoms with Gasteiger partial charge in [-0.25, -0.2) is 5.57 Å². The molecule has 14 heavy (non-hydrogen) atoms. The van der Waals surface area contributed by atoms with Gasteiger partial charge in [0.25, 0.3) is 0 Å². The molecule has 0 bridgehead atoms. The van der Waals surface area contributed by atoms with Crippen LogP contribution in [0.5, 0.6) is 0 Å². The molecule has 0 amide bonds. The predicted molar refractivity (Wildman–Crippen MR) is 66.4 cm³/mol. The first-order chi connectivity index (χ1) is 4.84. The Hall–Kier alpha value is 1.23. The molecule has 0 spiro atoms. The van der Waals surface area contributed by atoms with E-state index in [-0.39, 0.29) is 63.4 Å². The fraction of sp³-hybridized carbons (Fsp3) is 0.600. The molecule has 1 rings (SSSR count). The van der Waals surface area contributed by atoms with E-state index in [4.69, 9.17) is 0 Å². The van der Waals surface area contributed by atoms with E-state index >= 15 is 0 Å². The number of allylic oxidation sites excluding steroid dienone is 4. The summed E-state index contributed by atoms with van der Waals surface area (Å²) in [5.74, 6) is 0. The molecule has 4 heteroatoms. The Balaban J connectivity index is -0.000000125. The van der Waals surface area contributed by atoms with Crippen LogP contribution in [0, 0.1) is 6.08 Å². The second-order valence-electron chi connectivity index (χ2n) is 2.84. The Kier molecular flexibility index (Phi) is 24.9. The fourth-order valence-electron chi connectivity index (χ4n) is 1.25. The first-order valence-electron chi connectivity index (χ1n) is 4.11. The van der Waals surface area contributed by atoms with Crippen molar-refractivity contribution in [2.45, 2.75) is 39.5 Å². The molecule has 1 aliphatic carbocycles. The number of hydrogen-bond acceptors (Lipinski definition) is 0. The molecule has 0 aliphatic heterocycles. The topological polar surface area (TPSA) is 0 Å². The van der Waals surface area contributed by atoms with E-state index in [1.54, 1.807) is 0 Å². The normalized spacial score (nSPS) is 12.1. The first-order valence-corrected chi connectivity index (χ1v) is 4.11. The molecule has 0 aromatic carbocycles. The number of halogens is 3. The maximum atomic E-state index is 3.30. The van der Waals surface area contributed by atoms with Crippen molar-refractivity contribution < 1.29 is 26.2 Å². The van der Waals surface area contributed by atoms with Crippen LogP contribution >= 0.6 is 37.2 Å². The summed E-state index contributed by atoms with van der Waals surface area (Å²) in [6.07, 6.45) is 10.5. The van der Waals surface area contributed by atoms with E-state index in [0.717, 1.165) is 6.42 Å². The Morgan fingerprint density at radius 1 is 1.29 bits per heavy atom. The summed E-state index contributed by atoms with van der Waals surface area (Å²) < 4.78 is 0. The van der Waals surface area contributed by atoms with E-state index in [1.807, 2.05) is 0 Å². The Labute approximate surface area is 125 Å². The fourth-order valence-corrected chi connectivity index (χ4v) is 1.25. The van der Waals surface area contributed by atoms with E-state index in [2.05, 4.69) is 26.0 Å². The van der Waals surface area contributed by atoms with E-state index < -0.39 is 0 Å². The monoisotopic (exact) mass is 333 g/mol. The standard InChI is InChI=1S/C10H15.3ClH.Zr/c1-3-4-7-10-8-5-6-9(10)2;;;;/h8H,3-5,7H2,1-2H3;3*1H;/q-1;;;;. The van der Waals surface area contributed by atoms with Crippen LogP contribution < -0.4 is 0 Å². The van der Waals surface area contributed by atoms with Crippen molar-refractivity contribution in [3.05, 3.63) is 23.3 Å². The van der Waals surface area contributed by atoms with Gasteiger partial charge in [0.15, 0.2) is 0 Å². The summed E-state index contributed by atoms with van der Waals surface area (Å²) >= 11 is 0. The summed E-state index contributed by atoms with van der Waals surface area (Å²) in [5, 5.41) is 0. The third kappa shape index (κ3) is 8.53. The molecule has 0 unspecified atom stereocenters. The molecule has 0 aromatic rings. The predicted octanol–water partition coefficient (Wildman–Crippen LogP) is 4.52. The maximum Gasteiger partial charge on any atom is 0 e. The smallest absolute Gasteiger partial charge is 0 e.